The van der Waals surface area contributed by atoms with Crippen LogP contribution in [0.2, 0.25) is 0 Å². The zero-order chi connectivity index (χ0) is 14.8. The zero-order valence-corrected chi connectivity index (χ0v) is 12.9. The van der Waals surface area contributed by atoms with E-state index in [9.17, 15) is 9.90 Å². The van der Waals surface area contributed by atoms with E-state index in [1.165, 1.54) is 11.1 Å². The van der Waals surface area contributed by atoms with Gasteiger partial charge in [-0.15, -0.1) is 0 Å². The fourth-order valence-electron chi connectivity index (χ4n) is 5.74. The Balaban J connectivity index is 1.77. The molecule has 2 fully saturated rings. The number of hydrogen-bond acceptors (Lipinski definition) is 2. The minimum Gasteiger partial charge on any atom is -0.508 e. The normalized spacial score (nSPS) is 41.3. The molecule has 0 radical (unpaired) electrons. The second kappa shape index (κ2) is 4.34. The third-order valence-corrected chi connectivity index (χ3v) is 6.77. The van der Waals surface area contributed by atoms with Gasteiger partial charge in [-0.3, -0.25) is 4.79 Å². The average molecular weight is 284 g/mol. The number of Topliss-reactive ketones (excluding diaryl/α,β-unsaturated/α-hetero) is 1. The first-order valence-corrected chi connectivity index (χ1v) is 8.36. The lowest BCUT2D eigenvalue weighted by molar-refractivity contribution is -0.129. The molecule has 4 unspecified atom stereocenters. The van der Waals surface area contributed by atoms with E-state index in [-0.39, 0.29) is 5.41 Å². The molecule has 0 spiro atoms. The Hall–Kier alpha value is -1.31. The van der Waals surface area contributed by atoms with Crippen LogP contribution in [0.15, 0.2) is 18.2 Å². The Kier molecular flexibility index (Phi) is 2.76. The number of fused-ring (bicyclic) bond motifs is 5. The van der Waals surface area contributed by atoms with Gasteiger partial charge in [0.2, 0.25) is 0 Å². The Morgan fingerprint density at radius 2 is 2.10 bits per heavy atom. The molecule has 4 rings (SSSR count). The summed E-state index contributed by atoms with van der Waals surface area (Å²) in [7, 11) is 0. The predicted octanol–water partition coefficient (Wildman–Crippen LogP) is 4.06. The van der Waals surface area contributed by atoms with Crippen LogP contribution in [0.4, 0.5) is 0 Å². The summed E-state index contributed by atoms with van der Waals surface area (Å²) in [5.74, 6) is 3.31. The van der Waals surface area contributed by atoms with Crippen LogP contribution in [0.3, 0.4) is 0 Å². The SMILES string of the molecule is C[C@@H]1Cc2cc(O)ccc2C2CCC3(C)C(=O)CCC3C21. The number of benzene rings is 1. The number of rotatable bonds is 0. The summed E-state index contributed by atoms with van der Waals surface area (Å²) in [6, 6.07) is 5.92. The van der Waals surface area contributed by atoms with Gasteiger partial charge in [-0.1, -0.05) is 19.9 Å². The zero-order valence-electron chi connectivity index (χ0n) is 12.9. The number of aromatic hydroxyl groups is 1. The van der Waals surface area contributed by atoms with Crippen LogP contribution in [0.5, 0.6) is 5.75 Å². The van der Waals surface area contributed by atoms with Crippen molar-refractivity contribution in [3.05, 3.63) is 29.3 Å². The van der Waals surface area contributed by atoms with Crippen molar-refractivity contribution in [3.63, 3.8) is 0 Å². The maximum absolute atomic E-state index is 12.4. The number of phenols is 1. The van der Waals surface area contributed by atoms with Gasteiger partial charge in [0.25, 0.3) is 0 Å². The van der Waals surface area contributed by atoms with Gasteiger partial charge in [0, 0.05) is 11.8 Å². The summed E-state index contributed by atoms with van der Waals surface area (Å²) in [6.45, 7) is 4.57. The van der Waals surface area contributed by atoms with E-state index in [0.717, 1.165) is 32.1 Å². The molecule has 3 aliphatic carbocycles. The molecule has 1 N–H and O–H groups in total. The summed E-state index contributed by atoms with van der Waals surface area (Å²) in [5, 5.41) is 9.75. The number of phenolic OH excluding ortho intramolecular Hbond substituents is 1. The molecule has 2 saturated carbocycles. The van der Waals surface area contributed by atoms with E-state index in [1.807, 2.05) is 12.1 Å². The molecule has 0 amide bonds. The van der Waals surface area contributed by atoms with E-state index < -0.39 is 0 Å². The first kappa shape index (κ1) is 13.4. The van der Waals surface area contributed by atoms with Crippen LogP contribution >= 0.6 is 0 Å². The molecule has 0 saturated heterocycles. The highest BCUT2D eigenvalue weighted by atomic mass is 16.3. The molecule has 3 aliphatic rings. The molecule has 1 aromatic carbocycles. The second-order valence-electron chi connectivity index (χ2n) is 7.77. The van der Waals surface area contributed by atoms with Crippen molar-refractivity contribution in [1.29, 1.82) is 0 Å². The van der Waals surface area contributed by atoms with Gasteiger partial charge in [-0.25, -0.2) is 0 Å². The molecule has 112 valence electrons. The summed E-state index contributed by atoms with van der Waals surface area (Å²) in [5.41, 5.74) is 2.72. The van der Waals surface area contributed by atoms with Crippen molar-refractivity contribution < 1.29 is 9.90 Å². The molecule has 0 heterocycles. The lowest BCUT2D eigenvalue weighted by Gasteiger charge is -2.51. The summed E-state index contributed by atoms with van der Waals surface area (Å²) < 4.78 is 0. The molecule has 1 aromatic rings. The first-order chi connectivity index (χ1) is 10.0. The molecular formula is C19H24O2. The molecule has 2 nitrogen and oxygen atoms in total. The fraction of sp³-hybridized carbons (Fsp3) is 0.632. The quantitative estimate of drug-likeness (QED) is 0.780. The Morgan fingerprint density at radius 1 is 1.29 bits per heavy atom. The fourth-order valence-corrected chi connectivity index (χ4v) is 5.74. The van der Waals surface area contributed by atoms with Crippen molar-refractivity contribution in [2.45, 2.75) is 51.9 Å². The third-order valence-electron chi connectivity index (χ3n) is 6.77. The van der Waals surface area contributed by atoms with Gasteiger partial charge in [-0.05, 0) is 72.6 Å². The highest BCUT2D eigenvalue weighted by molar-refractivity contribution is 5.87. The van der Waals surface area contributed by atoms with Gasteiger partial charge >= 0.3 is 0 Å². The van der Waals surface area contributed by atoms with Crippen LogP contribution in [-0.4, -0.2) is 10.9 Å². The maximum Gasteiger partial charge on any atom is 0.139 e. The van der Waals surface area contributed by atoms with Crippen LogP contribution < -0.4 is 0 Å². The van der Waals surface area contributed by atoms with Crippen LogP contribution in [0, 0.1) is 23.2 Å². The largest absolute Gasteiger partial charge is 0.508 e. The van der Waals surface area contributed by atoms with Gasteiger partial charge in [0.15, 0.2) is 0 Å². The lowest BCUT2D eigenvalue weighted by Crippen LogP contribution is -2.45. The van der Waals surface area contributed by atoms with Crippen molar-refractivity contribution in [3.8, 4) is 5.75 Å². The summed E-state index contributed by atoms with van der Waals surface area (Å²) in [4.78, 5) is 12.4. The van der Waals surface area contributed by atoms with Crippen LogP contribution in [0.1, 0.15) is 56.6 Å². The molecule has 21 heavy (non-hydrogen) atoms. The first-order valence-electron chi connectivity index (χ1n) is 8.36. The van der Waals surface area contributed by atoms with Gasteiger partial charge in [0.1, 0.15) is 11.5 Å². The highest BCUT2D eigenvalue weighted by Gasteiger charge is 2.56. The number of hydrogen-bond donors (Lipinski definition) is 1. The molecule has 0 bridgehead atoms. The van der Waals surface area contributed by atoms with E-state index in [0.29, 0.717) is 35.2 Å². The molecule has 5 atom stereocenters. The van der Waals surface area contributed by atoms with Gasteiger partial charge in [-0.2, -0.15) is 0 Å². The standard InChI is InChI=1S/C19H24O2/c1-11-9-12-10-13(20)3-4-14(12)15-7-8-19(2)16(18(11)15)5-6-17(19)21/h3-4,10-11,15-16,18,20H,5-9H2,1-2H3/t11-,15?,16?,18?,19?/m1/s1. The monoisotopic (exact) mass is 284 g/mol. The highest BCUT2D eigenvalue weighted by Crippen LogP contribution is 2.60. The van der Waals surface area contributed by atoms with Crippen LogP contribution in [0.25, 0.3) is 0 Å². The minimum atomic E-state index is -0.0517. The second-order valence-corrected chi connectivity index (χ2v) is 7.77. The Morgan fingerprint density at radius 3 is 2.90 bits per heavy atom. The molecule has 2 heteroatoms. The lowest BCUT2D eigenvalue weighted by atomic mass is 9.53. The topological polar surface area (TPSA) is 37.3 Å². The summed E-state index contributed by atoms with van der Waals surface area (Å²) >= 11 is 0. The van der Waals surface area contributed by atoms with Crippen molar-refractivity contribution in [1.82, 2.24) is 0 Å². The minimum absolute atomic E-state index is 0.0517. The van der Waals surface area contributed by atoms with Crippen molar-refractivity contribution in [2.24, 2.45) is 23.2 Å². The van der Waals surface area contributed by atoms with Crippen LogP contribution in [-0.2, 0) is 11.2 Å². The van der Waals surface area contributed by atoms with Gasteiger partial charge in [0.05, 0.1) is 0 Å². The molecule has 0 aromatic heterocycles. The Labute approximate surface area is 126 Å². The number of ketones is 1. The maximum atomic E-state index is 12.4. The predicted molar refractivity (Wildman–Crippen MR) is 82.3 cm³/mol. The Bertz CT molecular complexity index is 606. The van der Waals surface area contributed by atoms with E-state index in [2.05, 4.69) is 19.9 Å². The van der Waals surface area contributed by atoms with E-state index in [4.69, 9.17) is 0 Å². The van der Waals surface area contributed by atoms with E-state index in [1.54, 1.807) is 0 Å². The van der Waals surface area contributed by atoms with E-state index >= 15 is 0 Å². The molecular weight excluding hydrogens is 260 g/mol. The van der Waals surface area contributed by atoms with Gasteiger partial charge < -0.3 is 5.11 Å². The number of carbonyl (C=O) groups excluding carboxylic acids is 1. The third kappa shape index (κ3) is 1.74. The molecule has 0 aliphatic heterocycles. The number of carbonyl (C=O) groups is 1. The summed E-state index contributed by atoms with van der Waals surface area (Å²) in [6.07, 6.45) is 5.11. The van der Waals surface area contributed by atoms with Crippen molar-refractivity contribution in [2.75, 3.05) is 0 Å². The van der Waals surface area contributed by atoms with Crippen molar-refractivity contribution >= 4 is 5.78 Å². The smallest absolute Gasteiger partial charge is 0.139 e. The average Bonchev–Trinajstić information content (AvgIpc) is 2.74.